The number of esters is 6. The van der Waals surface area contributed by atoms with Gasteiger partial charge in [0.2, 0.25) is 0 Å². The molecule has 3 aliphatic heterocycles. The van der Waals surface area contributed by atoms with Gasteiger partial charge in [0.05, 0.1) is 97.9 Å². The molecule has 7 aromatic rings. The summed E-state index contributed by atoms with van der Waals surface area (Å²) in [5.74, 6) is -6.69. The van der Waals surface area contributed by atoms with E-state index in [2.05, 4.69) is 0 Å². The summed E-state index contributed by atoms with van der Waals surface area (Å²) in [5.41, 5.74) is 2.28. The largest absolute Gasteiger partial charge is 0.454 e. The fourth-order valence-electron chi connectivity index (χ4n) is 11.4. The molecule has 3 fully saturated rings. The normalized spacial score (nSPS) is 25.6. The molecule has 0 saturated carbocycles. The molecule has 3 saturated heterocycles. The molecule has 0 amide bonds. The minimum atomic E-state index is -1.60. The van der Waals surface area contributed by atoms with E-state index >= 15 is 0 Å². The molecule has 3 heterocycles. The number of hydrogen-bond acceptors (Lipinski definition) is 20. The van der Waals surface area contributed by atoms with Crippen LogP contribution in [0.25, 0.3) is 0 Å². The number of ether oxygens (including phenoxy) is 14. The lowest BCUT2D eigenvalue weighted by Crippen LogP contribution is -2.61. The summed E-state index contributed by atoms with van der Waals surface area (Å²) >= 11 is 0. The van der Waals surface area contributed by atoms with E-state index in [9.17, 15) is 28.8 Å². The fourth-order valence-corrected chi connectivity index (χ4v) is 11.4. The highest BCUT2D eigenvalue weighted by Gasteiger charge is 2.54. The third kappa shape index (κ3) is 18.5. The molecule has 0 spiro atoms. The lowest BCUT2D eigenvalue weighted by Gasteiger charge is -2.47. The topological polar surface area (TPSA) is 232 Å². The molecule has 0 bridgehead atoms. The Balaban J connectivity index is 0.963. The van der Waals surface area contributed by atoms with Gasteiger partial charge in [-0.25, -0.2) is 28.8 Å². The highest BCUT2D eigenvalue weighted by Crippen LogP contribution is 2.39. The van der Waals surface area contributed by atoms with Crippen LogP contribution in [0, 0.1) is 17.8 Å². The minimum absolute atomic E-state index is 0.0495. The lowest BCUT2D eigenvalue weighted by atomic mass is 9.88. The van der Waals surface area contributed by atoms with Gasteiger partial charge in [-0.05, 0) is 84.8 Å². The van der Waals surface area contributed by atoms with Crippen molar-refractivity contribution >= 4 is 35.8 Å². The summed E-state index contributed by atoms with van der Waals surface area (Å²) in [4.78, 5) is 85.1. The van der Waals surface area contributed by atoms with E-state index in [0.29, 0.717) is 13.0 Å². The maximum Gasteiger partial charge on any atom is 0.338 e. The van der Waals surface area contributed by atoms with Crippen LogP contribution < -0.4 is 0 Å². The van der Waals surface area contributed by atoms with Gasteiger partial charge in [0.1, 0.15) is 18.3 Å². The van der Waals surface area contributed by atoms with Crippen LogP contribution in [0.5, 0.6) is 0 Å². The molecule has 15 atom stereocenters. The van der Waals surface area contributed by atoms with Crippen molar-refractivity contribution in [2.75, 3.05) is 39.6 Å². The van der Waals surface area contributed by atoms with Crippen molar-refractivity contribution in [2.45, 2.75) is 115 Å². The molecular weight excluding hydrogens is 1220 g/mol. The van der Waals surface area contributed by atoms with Crippen molar-refractivity contribution < 1.29 is 95.1 Å². The van der Waals surface area contributed by atoms with Gasteiger partial charge in [-0.15, -0.1) is 0 Å². The molecular formula is C75H78O20. The third-order valence-corrected chi connectivity index (χ3v) is 16.8. The van der Waals surface area contributed by atoms with Gasteiger partial charge in [0.25, 0.3) is 0 Å². The van der Waals surface area contributed by atoms with E-state index < -0.39 is 134 Å². The van der Waals surface area contributed by atoms with Crippen molar-refractivity contribution in [1.29, 1.82) is 0 Å². The van der Waals surface area contributed by atoms with Crippen molar-refractivity contribution in [3.63, 3.8) is 0 Å². The van der Waals surface area contributed by atoms with Gasteiger partial charge in [-0.1, -0.05) is 167 Å². The number of carbonyl (C=O) groups is 6. The number of rotatable bonds is 28. The first-order chi connectivity index (χ1) is 46.3. The number of benzene rings is 7. The standard InChI is InChI=1S/C75H78O20/c1-5-58-48(2)61(90-67(76)52-29-15-7-16-30-52)65(94-71(80)56-37-23-11-24-38-56)74(87-58)85-47-60-50(4)63(92-69(78)54-33-19-9-20-34-54)66(95-72(81)57-39-25-12-26-40-57)75(89-60)86-46-59-49(3)62(91-68(77)53-31-17-8-18-32-53)64(93-70(79)55-35-21-10-22-36-55)73(88-59)84-44-43-82-41-42-83-45-51-27-13-6-14-28-51/h6-40,48-50,58-66,73-75H,5,41-47H2,1-4H3/t48-,49-,50-,58-,59-,60-,61+,62+,63+,64-,65-,66-,73-,74-,75-/m1/s1. The van der Waals surface area contributed by atoms with E-state index in [1.54, 1.807) is 196 Å². The van der Waals surface area contributed by atoms with Crippen molar-refractivity contribution in [1.82, 2.24) is 0 Å². The maximum atomic E-state index is 14.4. The Morgan fingerprint density at radius 1 is 0.305 bits per heavy atom. The number of carbonyl (C=O) groups excluding carboxylic acids is 6. The van der Waals surface area contributed by atoms with Crippen LogP contribution in [0.4, 0.5) is 0 Å². The summed E-state index contributed by atoms with van der Waals surface area (Å²) in [5, 5.41) is 0. The molecule has 7 aromatic carbocycles. The molecule has 498 valence electrons. The smallest absolute Gasteiger partial charge is 0.338 e. The maximum absolute atomic E-state index is 14.4. The van der Waals surface area contributed by atoms with E-state index in [1.807, 2.05) is 44.2 Å². The molecule has 3 aliphatic rings. The Kier molecular flexibility index (Phi) is 25.0. The van der Waals surface area contributed by atoms with Crippen molar-refractivity contribution in [3.05, 3.63) is 251 Å². The van der Waals surface area contributed by atoms with Gasteiger partial charge in [0, 0.05) is 17.8 Å². The summed E-state index contributed by atoms with van der Waals surface area (Å²) in [7, 11) is 0. The molecule has 20 heteroatoms. The fraction of sp³-hybridized carbons (Fsp3) is 0.360. The molecule has 0 radical (unpaired) electrons. The van der Waals surface area contributed by atoms with Crippen LogP contribution in [0.15, 0.2) is 212 Å². The van der Waals surface area contributed by atoms with E-state index in [1.165, 1.54) is 0 Å². The highest BCUT2D eigenvalue weighted by atomic mass is 16.8. The van der Waals surface area contributed by atoms with Gasteiger partial charge in [-0.3, -0.25) is 0 Å². The van der Waals surface area contributed by atoms with Crippen LogP contribution in [-0.4, -0.2) is 149 Å². The van der Waals surface area contributed by atoms with Crippen LogP contribution >= 0.6 is 0 Å². The zero-order valence-corrected chi connectivity index (χ0v) is 53.2. The minimum Gasteiger partial charge on any atom is -0.454 e. The van der Waals surface area contributed by atoms with Crippen molar-refractivity contribution in [3.8, 4) is 0 Å². The monoisotopic (exact) mass is 1300 g/mol. The Morgan fingerprint density at radius 2 is 0.558 bits per heavy atom. The quantitative estimate of drug-likeness (QED) is 0.0252. The average molecular weight is 1300 g/mol. The summed E-state index contributed by atoms with van der Waals surface area (Å²) in [6.07, 6.45) is -14.7. The first kappa shape index (κ1) is 68.9. The first-order valence-corrected chi connectivity index (χ1v) is 31.9. The van der Waals surface area contributed by atoms with E-state index in [4.69, 9.17) is 66.3 Å². The molecule has 0 aromatic heterocycles. The predicted octanol–water partition coefficient (Wildman–Crippen LogP) is 11.1. The van der Waals surface area contributed by atoms with Crippen LogP contribution in [-0.2, 0) is 72.9 Å². The van der Waals surface area contributed by atoms with E-state index in [-0.39, 0.29) is 66.4 Å². The first-order valence-electron chi connectivity index (χ1n) is 31.9. The molecule has 20 nitrogen and oxygen atoms in total. The molecule has 0 N–H and O–H groups in total. The Hall–Kier alpha value is -8.96. The Labute approximate surface area is 551 Å². The molecule has 95 heavy (non-hydrogen) atoms. The molecule has 0 aliphatic carbocycles. The van der Waals surface area contributed by atoms with Gasteiger partial charge in [-0.2, -0.15) is 0 Å². The van der Waals surface area contributed by atoms with Crippen LogP contribution in [0.3, 0.4) is 0 Å². The SMILES string of the molecule is CC[C@H]1O[C@@H](OC[C@H]2O[C@@H](OC[C@H]3O[C@@H](OCCOCCOCc4ccccc4)[C@H](OC(=O)c4ccccc4)[C@@H](OC(=O)c4ccccc4)[C@@H]3C)[C@H](OC(=O)c3ccccc3)[C@@H](OC(=O)c3ccccc3)[C@@H]2C)[C@H](OC(=O)c2ccccc2)[C@@H](OC(=O)c2ccccc2)[C@@H]1C. The van der Waals surface area contributed by atoms with Crippen LogP contribution in [0.2, 0.25) is 0 Å². The molecule has 0 unspecified atom stereocenters. The van der Waals surface area contributed by atoms with Gasteiger partial charge in [0.15, 0.2) is 37.2 Å². The van der Waals surface area contributed by atoms with Crippen LogP contribution in [0.1, 0.15) is 102 Å². The Morgan fingerprint density at radius 3 is 0.874 bits per heavy atom. The highest BCUT2D eigenvalue weighted by molar-refractivity contribution is 5.92. The third-order valence-electron chi connectivity index (χ3n) is 16.8. The van der Waals surface area contributed by atoms with Crippen molar-refractivity contribution in [2.24, 2.45) is 17.8 Å². The van der Waals surface area contributed by atoms with E-state index in [0.717, 1.165) is 5.56 Å². The predicted molar refractivity (Wildman–Crippen MR) is 342 cm³/mol. The second kappa shape index (κ2) is 34.4. The molecule has 10 rings (SSSR count). The second-order valence-corrected chi connectivity index (χ2v) is 23.2. The second-order valence-electron chi connectivity index (χ2n) is 23.2. The summed E-state index contributed by atoms with van der Waals surface area (Å²) in [6, 6.07) is 59.5. The summed E-state index contributed by atoms with van der Waals surface area (Å²) in [6.45, 7) is 7.28. The average Bonchev–Trinajstić information content (AvgIpc) is 0.808. The number of hydrogen-bond donors (Lipinski definition) is 0. The zero-order valence-electron chi connectivity index (χ0n) is 53.2. The summed E-state index contributed by atoms with van der Waals surface area (Å²) < 4.78 is 89.9. The van der Waals surface area contributed by atoms with Gasteiger partial charge < -0.3 is 66.3 Å². The zero-order chi connectivity index (χ0) is 66.5. The van der Waals surface area contributed by atoms with Gasteiger partial charge >= 0.3 is 35.8 Å². The lowest BCUT2D eigenvalue weighted by molar-refractivity contribution is -0.329. The Bertz CT molecular complexity index is 3530.